The second-order valence-corrected chi connectivity index (χ2v) is 12.7. The summed E-state index contributed by atoms with van der Waals surface area (Å²) >= 11 is 0. The number of hydrogen-bond donors (Lipinski definition) is 1. The number of piperazine rings is 1. The SMILES string of the molecule is CCn1nc(C[C@@H](C)COC(=O)c2ccc(S(=O)(=O)N3CCN(C(C)=O)CC3)cc2)c2c1C(=O)NCCCOCCC2. The standard InChI is InChI=1S/C29H41N5O7S/c1-4-34-27-25(7-5-17-40-18-6-12-30-28(27)36)26(31-34)19-21(2)20-41-29(37)23-8-10-24(11-9-23)42(38,39)33-15-13-32(14-16-33)22(3)35/h8-11,21H,4-7,12-20H2,1-3H3,(H,30,36)/t21-/m1/s1. The van der Waals surface area contributed by atoms with E-state index < -0.39 is 16.0 Å². The smallest absolute Gasteiger partial charge is 0.338 e. The zero-order valence-corrected chi connectivity index (χ0v) is 25.5. The van der Waals surface area contributed by atoms with Gasteiger partial charge in [-0.3, -0.25) is 14.3 Å². The molecule has 0 aliphatic carbocycles. The van der Waals surface area contributed by atoms with Crippen LogP contribution in [-0.4, -0.2) is 97.7 Å². The molecule has 2 amide bonds. The Bertz CT molecular complexity index is 1370. The van der Waals surface area contributed by atoms with E-state index in [4.69, 9.17) is 14.6 Å². The fourth-order valence-electron chi connectivity index (χ4n) is 5.22. The molecule has 12 nitrogen and oxygen atoms in total. The molecule has 0 radical (unpaired) electrons. The Morgan fingerprint density at radius 2 is 1.79 bits per heavy atom. The van der Waals surface area contributed by atoms with Crippen LogP contribution in [0, 0.1) is 5.92 Å². The Balaban J connectivity index is 1.36. The van der Waals surface area contributed by atoms with Crippen molar-refractivity contribution in [1.82, 2.24) is 24.3 Å². The van der Waals surface area contributed by atoms with E-state index in [1.165, 1.54) is 35.5 Å². The average molecular weight is 604 g/mol. The molecule has 2 aliphatic heterocycles. The molecule has 2 aliphatic rings. The number of ether oxygens (including phenoxy) is 2. The van der Waals surface area contributed by atoms with Gasteiger partial charge in [-0.15, -0.1) is 0 Å². The highest BCUT2D eigenvalue weighted by Crippen LogP contribution is 2.22. The number of carbonyl (C=O) groups is 3. The van der Waals surface area contributed by atoms with E-state index in [0.717, 1.165) is 24.1 Å². The molecule has 1 fully saturated rings. The summed E-state index contributed by atoms with van der Waals surface area (Å²) in [4.78, 5) is 39.0. The second-order valence-electron chi connectivity index (χ2n) is 10.8. The van der Waals surface area contributed by atoms with E-state index >= 15 is 0 Å². The highest BCUT2D eigenvalue weighted by Gasteiger charge is 2.29. The van der Waals surface area contributed by atoms with E-state index in [1.807, 2.05) is 13.8 Å². The van der Waals surface area contributed by atoms with E-state index in [9.17, 15) is 22.8 Å². The van der Waals surface area contributed by atoms with Gasteiger partial charge in [0.25, 0.3) is 5.91 Å². The number of amides is 2. The van der Waals surface area contributed by atoms with E-state index in [2.05, 4.69) is 5.32 Å². The number of benzene rings is 1. The van der Waals surface area contributed by atoms with Crippen molar-refractivity contribution in [3.05, 3.63) is 46.8 Å². The van der Waals surface area contributed by atoms with E-state index in [-0.39, 0.29) is 47.9 Å². The summed E-state index contributed by atoms with van der Waals surface area (Å²) in [5.74, 6) is -0.816. The second kappa shape index (κ2) is 14.3. The molecule has 3 heterocycles. The maximum Gasteiger partial charge on any atom is 0.338 e. The summed E-state index contributed by atoms with van der Waals surface area (Å²) in [6, 6.07) is 5.71. The molecule has 1 N–H and O–H groups in total. The molecule has 2 aromatic rings. The van der Waals surface area contributed by atoms with Crippen LogP contribution in [0.5, 0.6) is 0 Å². The summed E-state index contributed by atoms with van der Waals surface area (Å²) in [6.45, 7) is 9.01. The Labute approximate surface area is 247 Å². The fourth-order valence-corrected chi connectivity index (χ4v) is 6.64. The molecule has 1 aromatic heterocycles. The van der Waals surface area contributed by atoms with Crippen LogP contribution < -0.4 is 5.32 Å². The minimum Gasteiger partial charge on any atom is -0.462 e. The van der Waals surface area contributed by atoms with Crippen LogP contribution in [0.15, 0.2) is 29.2 Å². The van der Waals surface area contributed by atoms with Crippen LogP contribution >= 0.6 is 0 Å². The first-order valence-corrected chi connectivity index (χ1v) is 16.0. The minimum absolute atomic E-state index is 0.0657. The topological polar surface area (TPSA) is 140 Å². The molecule has 0 bridgehead atoms. The third-order valence-corrected chi connectivity index (χ3v) is 9.48. The Morgan fingerprint density at radius 1 is 1.10 bits per heavy atom. The van der Waals surface area contributed by atoms with Crippen molar-refractivity contribution in [2.75, 3.05) is 52.5 Å². The number of carbonyl (C=O) groups excluding carboxylic acids is 3. The van der Waals surface area contributed by atoms with Gasteiger partial charge in [-0.25, -0.2) is 13.2 Å². The summed E-state index contributed by atoms with van der Waals surface area (Å²) in [6.07, 6.45) is 2.75. The van der Waals surface area contributed by atoms with Crippen molar-refractivity contribution in [3.8, 4) is 0 Å². The summed E-state index contributed by atoms with van der Waals surface area (Å²) in [5, 5.41) is 7.70. The first-order valence-electron chi connectivity index (χ1n) is 14.6. The molecule has 230 valence electrons. The number of nitrogens with one attached hydrogen (secondary N) is 1. The third-order valence-electron chi connectivity index (χ3n) is 7.57. The minimum atomic E-state index is -3.74. The Kier molecular flexibility index (Phi) is 10.7. The van der Waals surface area contributed by atoms with Gasteiger partial charge >= 0.3 is 5.97 Å². The number of rotatable bonds is 8. The fraction of sp³-hybridized carbons (Fsp3) is 0.586. The van der Waals surface area contributed by atoms with Crippen LogP contribution in [0.4, 0.5) is 0 Å². The van der Waals surface area contributed by atoms with Gasteiger partial charge in [-0.1, -0.05) is 6.92 Å². The van der Waals surface area contributed by atoms with Gasteiger partial charge in [0.1, 0.15) is 5.69 Å². The lowest BCUT2D eigenvalue weighted by Crippen LogP contribution is -2.49. The quantitative estimate of drug-likeness (QED) is 0.451. The third kappa shape index (κ3) is 7.56. The maximum absolute atomic E-state index is 13.0. The molecule has 0 saturated carbocycles. The predicted molar refractivity (Wildman–Crippen MR) is 155 cm³/mol. The van der Waals surface area contributed by atoms with Gasteiger partial charge < -0.3 is 19.7 Å². The van der Waals surface area contributed by atoms with Crippen molar-refractivity contribution in [2.24, 2.45) is 5.92 Å². The molecule has 13 heteroatoms. The van der Waals surface area contributed by atoms with Crippen LogP contribution in [-0.2, 0) is 43.7 Å². The average Bonchev–Trinajstić information content (AvgIpc) is 3.31. The van der Waals surface area contributed by atoms with Crippen LogP contribution in [0.3, 0.4) is 0 Å². The van der Waals surface area contributed by atoms with Crippen LogP contribution in [0.2, 0.25) is 0 Å². The number of sulfonamides is 1. The molecule has 42 heavy (non-hydrogen) atoms. The number of aromatic nitrogens is 2. The van der Waals surface area contributed by atoms with Gasteiger partial charge in [0, 0.05) is 65.0 Å². The molecule has 1 aromatic carbocycles. The Hall–Kier alpha value is -3.29. The Morgan fingerprint density at radius 3 is 2.45 bits per heavy atom. The molecule has 0 unspecified atom stereocenters. The van der Waals surface area contributed by atoms with E-state index in [1.54, 1.807) is 9.58 Å². The van der Waals surface area contributed by atoms with Crippen molar-refractivity contribution >= 4 is 27.8 Å². The number of nitrogens with zero attached hydrogens (tertiary/aromatic N) is 4. The number of aryl methyl sites for hydroxylation is 1. The van der Waals surface area contributed by atoms with Gasteiger partial charge in [0.15, 0.2) is 0 Å². The first-order chi connectivity index (χ1) is 20.1. The number of fused-ring (bicyclic) bond motifs is 1. The van der Waals surface area contributed by atoms with Crippen molar-refractivity contribution in [3.63, 3.8) is 0 Å². The first kappa shape index (κ1) is 31.6. The zero-order valence-electron chi connectivity index (χ0n) is 24.6. The van der Waals surface area contributed by atoms with Crippen molar-refractivity contribution in [1.29, 1.82) is 0 Å². The highest BCUT2D eigenvalue weighted by molar-refractivity contribution is 7.89. The van der Waals surface area contributed by atoms with Crippen molar-refractivity contribution < 1.29 is 32.3 Å². The molecule has 0 spiro atoms. The summed E-state index contributed by atoms with van der Waals surface area (Å²) in [5.41, 5.74) is 2.58. The molecule has 4 rings (SSSR count). The predicted octanol–water partition coefficient (Wildman–Crippen LogP) is 1.87. The lowest BCUT2D eigenvalue weighted by molar-refractivity contribution is -0.129. The number of hydrogen-bond acceptors (Lipinski definition) is 8. The molecule has 1 saturated heterocycles. The van der Waals surface area contributed by atoms with Gasteiger partial charge in [-0.2, -0.15) is 9.40 Å². The molecular formula is C29H41N5O7S. The lowest BCUT2D eigenvalue weighted by atomic mass is 9.99. The highest BCUT2D eigenvalue weighted by atomic mass is 32.2. The zero-order chi connectivity index (χ0) is 30.3. The van der Waals surface area contributed by atoms with Crippen molar-refractivity contribution in [2.45, 2.75) is 57.9 Å². The molecule has 1 atom stereocenters. The lowest BCUT2D eigenvalue weighted by Gasteiger charge is -2.33. The van der Waals surface area contributed by atoms with Gasteiger partial charge in [-0.05, 0) is 62.8 Å². The van der Waals surface area contributed by atoms with Crippen LogP contribution in [0.25, 0.3) is 0 Å². The molecular weight excluding hydrogens is 562 g/mol. The van der Waals surface area contributed by atoms with Gasteiger partial charge in [0.05, 0.1) is 22.8 Å². The largest absolute Gasteiger partial charge is 0.462 e. The monoisotopic (exact) mass is 603 g/mol. The van der Waals surface area contributed by atoms with E-state index in [0.29, 0.717) is 57.9 Å². The number of esters is 1. The maximum atomic E-state index is 13.0. The normalized spacial score (nSPS) is 18.0. The summed E-state index contributed by atoms with van der Waals surface area (Å²) in [7, 11) is -3.74. The summed E-state index contributed by atoms with van der Waals surface area (Å²) < 4.78 is 40.4. The van der Waals surface area contributed by atoms with Crippen LogP contribution in [0.1, 0.15) is 65.7 Å². The van der Waals surface area contributed by atoms with Gasteiger partial charge in [0.2, 0.25) is 15.9 Å².